The van der Waals surface area contributed by atoms with E-state index in [1.807, 2.05) is 0 Å². The van der Waals surface area contributed by atoms with E-state index in [0.29, 0.717) is 5.15 Å². The number of hydrogen-bond acceptors (Lipinski definition) is 5. The van der Waals surface area contributed by atoms with Crippen LogP contribution < -0.4 is 15.5 Å². The van der Waals surface area contributed by atoms with E-state index in [9.17, 15) is 0 Å². The Balaban J connectivity index is 1.70. The molecule has 0 spiro atoms. The van der Waals surface area contributed by atoms with Crippen LogP contribution in [0.15, 0.2) is 30.3 Å². The second-order valence-corrected chi connectivity index (χ2v) is 5.61. The normalized spacial score (nSPS) is 15.3. The molecule has 5 nitrogen and oxygen atoms in total. The second-order valence-electron chi connectivity index (χ2n) is 5.22. The lowest BCUT2D eigenvalue weighted by Crippen LogP contribution is -2.46. The summed E-state index contributed by atoms with van der Waals surface area (Å²) in [5.74, 6) is 1.02. The Kier molecular flexibility index (Phi) is 3.84. The van der Waals surface area contributed by atoms with E-state index in [4.69, 9.17) is 17.3 Å². The Morgan fingerprint density at radius 2 is 1.76 bits per heavy atom. The van der Waals surface area contributed by atoms with Gasteiger partial charge in [0, 0.05) is 37.9 Å². The van der Waals surface area contributed by atoms with Crippen LogP contribution in [0.5, 0.6) is 0 Å². The summed E-state index contributed by atoms with van der Waals surface area (Å²) in [6.45, 7) is 5.79. The summed E-state index contributed by atoms with van der Waals surface area (Å²) in [6.07, 6.45) is 0. The van der Waals surface area contributed by atoms with Crippen LogP contribution in [-0.4, -0.2) is 36.1 Å². The van der Waals surface area contributed by atoms with Gasteiger partial charge in [-0.05, 0) is 24.6 Å². The fourth-order valence-electron chi connectivity index (χ4n) is 2.60. The molecule has 1 aromatic heterocycles. The molecule has 0 radical (unpaired) electrons. The predicted molar refractivity (Wildman–Crippen MR) is 87.1 cm³/mol. The third kappa shape index (κ3) is 3.19. The minimum atomic E-state index is 0.221. The maximum Gasteiger partial charge on any atom is 0.223 e. The lowest BCUT2D eigenvalue weighted by molar-refractivity contribution is 0.647. The number of piperazine rings is 1. The molecule has 0 saturated carbocycles. The van der Waals surface area contributed by atoms with Crippen molar-refractivity contribution in [2.75, 3.05) is 41.7 Å². The Morgan fingerprint density at radius 3 is 2.43 bits per heavy atom. The number of nitrogens with zero attached hydrogens (tertiary/aromatic N) is 4. The van der Waals surface area contributed by atoms with Crippen molar-refractivity contribution in [3.63, 3.8) is 0 Å². The summed E-state index contributed by atoms with van der Waals surface area (Å²) < 4.78 is 0. The first-order valence-electron chi connectivity index (χ1n) is 6.98. The van der Waals surface area contributed by atoms with Gasteiger partial charge in [-0.1, -0.05) is 23.7 Å². The molecule has 1 saturated heterocycles. The summed E-state index contributed by atoms with van der Waals surface area (Å²) in [6, 6.07) is 10.4. The van der Waals surface area contributed by atoms with Crippen molar-refractivity contribution < 1.29 is 0 Å². The number of aryl methyl sites for hydroxylation is 1. The van der Waals surface area contributed by atoms with Gasteiger partial charge in [0.2, 0.25) is 5.95 Å². The fraction of sp³-hybridized carbons (Fsp3) is 0.333. The highest BCUT2D eigenvalue weighted by Gasteiger charge is 2.19. The summed E-state index contributed by atoms with van der Waals surface area (Å²) in [5, 5.41) is 0.388. The number of aromatic nitrogens is 2. The molecule has 0 unspecified atom stereocenters. The van der Waals surface area contributed by atoms with Crippen molar-refractivity contribution in [1.29, 1.82) is 0 Å². The molecule has 2 N–H and O–H groups in total. The van der Waals surface area contributed by atoms with Crippen molar-refractivity contribution in [3.8, 4) is 0 Å². The second kappa shape index (κ2) is 5.77. The highest BCUT2D eigenvalue weighted by atomic mass is 35.5. The number of nitrogens with two attached hydrogens (primary N) is 1. The molecule has 6 heteroatoms. The Bertz CT molecular complexity index is 617. The van der Waals surface area contributed by atoms with Crippen LogP contribution in [0, 0.1) is 6.92 Å². The molecule has 21 heavy (non-hydrogen) atoms. The SMILES string of the molecule is Cc1cccc(N2CCN(c3cc(Cl)nc(N)n3)CC2)c1. The van der Waals surface area contributed by atoms with E-state index in [-0.39, 0.29) is 5.95 Å². The zero-order chi connectivity index (χ0) is 14.8. The van der Waals surface area contributed by atoms with Gasteiger partial charge in [-0.15, -0.1) is 0 Å². The third-order valence-corrected chi connectivity index (χ3v) is 3.86. The lowest BCUT2D eigenvalue weighted by atomic mass is 10.2. The summed E-state index contributed by atoms with van der Waals surface area (Å²) >= 11 is 5.94. The minimum absolute atomic E-state index is 0.221. The van der Waals surface area contributed by atoms with E-state index >= 15 is 0 Å². The van der Waals surface area contributed by atoms with Crippen molar-refractivity contribution in [3.05, 3.63) is 41.0 Å². The summed E-state index contributed by atoms with van der Waals surface area (Å²) in [7, 11) is 0. The Hall–Kier alpha value is -2.01. The van der Waals surface area contributed by atoms with Crippen LogP contribution >= 0.6 is 11.6 Å². The zero-order valence-electron chi connectivity index (χ0n) is 12.0. The van der Waals surface area contributed by atoms with Crippen LogP contribution in [-0.2, 0) is 0 Å². The molecule has 2 heterocycles. The highest BCUT2D eigenvalue weighted by molar-refractivity contribution is 6.29. The third-order valence-electron chi connectivity index (χ3n) is 3.67. The molecule has 0 atom stereocenters. The quantitative estimate of drug-likeness (QED) is 0.863. The Morgan fingerprint density at radius 1 is 1.05 bits per heavy atom. The molecular weight excluding hydrogens is 286 g/mol. The number of benzene rings is 1. The fourth-order valence-corrected chi connectivity index (χ4v) is 2.79. The number of anilines is 3. The first-order valence-corrected chi connectivity index (χ1v) is 7.36. The van der Waals surface area contributed by atoms with Crippen molar-refractivity contribution in [2.45, 2.75) is 6.92 Å². The molecule has 0 aliphatic carbocycles. The topological polar surface area (TPSA) is 58.3 Å². The summed E-state index contributed by atoms with van der Waals surface area (Å²) in [5.41, 5.74) is 8.21. The minimum Gasteiger partial charge on any atom is -0.368 e. The standard InChI is InChI=1S/C15H18ClN5/c1-11-3-2-4-12(9-11)20-5-7-21(8-6-20)14-10-13(16)18-15(17)19-14/h2-4,9-10H,5-8H2,1H3,(H2,17,18,19). The first-order chi connectivity index (χ1) is 10.1. The van der Waals surface area contributed by atoms with Gasteiger partial charge in [0.25, 0.3) is 0 Å². The smallest absolute Gasteiger partial charge is 0.223 e. The molecule has 1 aliphatic rings. The highest BCUT2D eigenvalue weighted by Crippen LogP contribution is 2.22. The number of hydrogen-bond donors (Lipinski definition) is 1. The molecule has 1 fully saturated rings. The largest absolute Gasteiger partial charge is 0.368 e. The van der Waals surface area contributed by atoms with Crippen LogP contribution in [0.4, 0.5) is 17.5 Å². The Labute approximate surface area is 129 Å². The number of rotatable bonds is 2. The number of nitrogen functional groups attached to an aromatic ring is 1. The summed E-state index contributed by atoms with van der Waals surface area (Å²) in [4.78, 5) is 12.7. The first kappa shape index (κ1) is 13.9. The van der Waals surface area contributed by atoms with E-state index in [2.05, 4.69) is 51.0 Å². The monoisotopic (exact) mass is 303 g/mol. The van der Waals surface area contributed by atoms with Crippen LogP contribution in [0.25, 0.3) is 0 Å². The molecular formula is C15H18ClN5. The molecule has 0 bridgehead atoms. The molecule has 0 amide bonds. The molecule has 3 rings (SSSR count). The van der Waals surface area contributed by atoms with Crippen molar-refractivity contribution >= 4 is 29.1 Å². The van der Waals surface area contributed by atoms with Gasteiger partial charge in [-0.2, -0.15) is 4.98 Å². The maximum absolute atomic E-state index is 5.94. The van der Waals surface area contributed by atoms with Crippen LogP contribution in [0.1, 0.15) is 5.56 Å². The number of halogens is 1. The van der Waals surface area contributed by atoms with Gasteiger partial charge in [0.1, 0.15) is 11.0 Å². The predicted octanol–water partition coefficient (Wildman–Crippen LogP) is 2.35. The lowest BCUT2D eigenvalue weighted by Gasteiger charge is -2.36. The van der Waals surface area contributed by atoms with Gasteiger partial charge in [-0.25, -0.2) is 4.98 Å². The molecule has 2 aromatic rings. The molecule has 1 aromatic carbocycles. The average molecular weight is 304 g/mol. The van der Waals surface area contributed by atoms with Crippen LogP contribution in [0.2, 0.25) is 5.15 Å². The zero-order valence-corrected chi connectivity index (χ0v) is 12.7. The van der Waals surface area contributed by atoms with Gasteiger partial charge in [0.15, 0.2) is 0 Å². The van der Waals surface area contributed by atoms with E-state index in [1.54, 1.807) is 6.07 Å². The van der Waals surface area contributed by atoms with E-state index in [0.717, 1.165) is 32.0 Å². The van der Waals surface area contributed by atoms with E-state index < -0.39 is 0 Å². The van der Waals surface area contributed by atoms with Gasteiger partial charge < -0.3 is 15.5 Å². The molecule has 1 aliphatic heterocycles. The van der Waals surface area contributed by atoms with Crippen LogP contribution in [0.3, 0.4) is 0 Å². The average Bonchev–Trinajstić information content (AvgIpc) is 2.46. The van der Waals surface area contributed by atoms with Gasteiger partial charge >= 0.3 is 0 Å². The van der Waals surface area contributed by atoms with Gasteiger partial charge in [0.05, 0.1) is 0 Å². The van der Waals surface area contributed by atoms with E-state index in [1.165, 1.54) is 11.3 Å². The van der Waals surface area contributed by atoms with Crippen molar-refractivity contribution in [2.24, 2.45) is 0 Å². The van der Waals surface area contributed by atoms with Gasteiger partial charge in [-0.3, -0.25) is 0 Å². The van der Waals surface area contributed by atoms with Crippen molar-refractivity contribution in [1.82, 2.24) is 9.97 Å². The molecule has 110 valence electrons. The maximum atomic E-state index is 5.94.